The van der Waals surface area contributed by atoms with Gasteiger partial charge in [-0.3, -0.25) is 14.4 Å². The molecule has 0 saturated heterocycles. The second-order valence-electron chi connectivity index (χ2n) is 3.90. The fourth-order valence-electron chi connectivity index (χ4n) is 1.51. The molecule has 0 spiro atoms. The highest BCUT2D eigenvalue weighted by Crippen LogP contribution is 2.16. The van der Waals surface area contributed by atoms with Gasteiger partial charge in [-0.1, -0.05) is 12.1 Å². The summed E-state index contributed by atoms with van der Waals surface area (Å²) in [5.74, 6) is -1.34. The Balaban J connectivity index is 0.00000324. The summed E-state index contributed by atoms with van der Waals surface area (Å²) >= 11 is 0. The van der Waals surface area contributed by atoms with Crippen LogP contribution >= 0.6 is 0 Å². The average molecular weight is 267 g/mol. The highest BCUT2D eigenvalue weighted by atomic mass is 16.4. The molecule has 0 radical (unpaired) electrons. The number of aliphatic carboxylic acids is 1. The first-order valence-electron chi connectivity index (χ1n) is 5.62. The number of hydrogen-bond acceptors (Lipinski definition) is 3. The minimum atomic E-state index is -0.924. The van der Waals surface area contributed by atoms with Gasteiger partial charge < -0.3 is 15.9 Å². The summed E-state index contributed by atoms with van der Waals surface area (Å²) in [6, 6.07) is 6.72. The lowest BCUT2D eigenvalue weighted by atomic mass is 10.1. The van der Waals surface area contributed by atoms with Gasteiger partial charge in [0.2, 0.25) is 5.91 Å². The van der Waals surface area contributed by atoms with E-state index in [9.17, 15) is 14.4 Å². The molecule has 0 aliphatic rings. The van der Waals surface area contributed by atoms with Crippen molar-refractivity contribution < 1.29 is 25.0 Å². The molecule has 0 aliphatic carbocycles. The zero-order valence-electron chi connectivity index (χ0n) is 10.6. The zero-order valence-corrected chi connectivity index (χ0v) is 10.6. The van der Waals surface area contributed by atoms with Gasteiger partial charge in [0.05, 0.1) is 5.69 Å². The quantitative estimate of drug-likeness (QED) is 0.755. The molecule has 0 aliphatic heterocycles. The van der Waals surface area contributed by atoms with E-state index in [1.54, 1.807) is 24.3 Å². The number of carbonyl (C=O) groups excluding carboxylic acids is 2. The third kappa shape index (κ3) is 5.78. The van der Waals surface area contributed by atoms with Crippen LogP contribution in [0.5, 0.6) is 0 Å². The van der Waals surface area contributed by atoms with Crippen molar-refractivity contribution in [2.24, 2.45) is 0 Å². The van der Waals surface area contributed by atoms with Gasteiger partial charge in [0.15, 0.2) is 5.78 Å². The van der Waals surface area contributed by atoms with E-state index in [0.717, 1.165) is 0 Å². The molecule has 0 fully saturated rings. The number of benzene rings is 1. The summed E-state index contributed by atoms with van der Waals surface area (Å²) in [5.41, 5.74) is 0.911. The van der Waals surface area contributed by atoms with Crippen molar-refractivity contribution in [3.8, 4) is 0 Å². The molecule has 0 saturated carbocycles. The number of carboxylic acids is 1. The minimum absolute atomic E-state index is 0. The lowest BCUT2D eigenvalue weighted by Crippen LogP contribution is -2.14. The first-order chi connectivity index (χ1) is 8.50. The number of Topliss-reactive ketones (excluding diaryl/α,β-unsaturated/α-hetero) is 1. The molecule has 1 aromatic carbocycles. The van der Waals surface area contributed by atoms with Crippen LogP contribution in [0.3, 0.4) is 0 Å². The predicted octanol–water partition coefficient (Wildman–Crippen LogP) is 1.26. The molecule has 0 bridgehead atoms. The number of carboxylic acid groups (broad SMARTS) is 1. The first-order valence-corrected chi connectivity index (χ1v) is 5.62. The third-order valence-corrected chi connectivity index (χ3v) is 2.37. The molecule has 6 heteroatoms. The Bertz CT molecular complexity index is 470. The Morgan fingerprint density at radius 3 is 2.37 bits per heavy atom. The van der Waals surface area contributed by atoms with Crippen molar-refractivity contribution >= 4 is 23.3 Å². The zero-order chi connectivity index (χ0) is 13.5. The van der Waals surface area contributed by atoms with Crippen molar-refractivity contribution in [3.63, 3.8) is 0 Å². The predicted molar refractivity (Wildman–Crippen MR) is 70.2 cm³/mol. The molecular formula is C13H17NO5. The monoisotopic (exact) mass is 267 g/mol. The Morgan fingerprint density at radius 2 is 1.79 bits per heavy atom. The first kappa shape index (κ1) is 16.8. The standard InChI is InChI=1S/C13H15NO4.H2O/c1-9(15)10-5-2-3-6-11(10)14-12(16)7-4-8-13(17)18;/h2-3,5-6H,4,7-8H2,1H3,(H,14,16)(H,17,18);1H2. The Morgan fingerprint density at radius 1 is 1.16 bits per heavy atom. The number of amides is 1. The van der Waals surface area contributed by atoms with Crippen LogP contribution in [0, 0.1) is 0 Å². The highest BCUT2D eigenvalue weighted by molar-refractivity contribution is 6.03. The largest absolute Gasteiger partial charge is 0.481 e. The van der Waals surface area contributed by atoms with E-state index in [0.29, 0.717) is 11.3 Å². The molecule has 0 unspecified atom stereocenters. The lowest BCUT2D eigenvalue weighted by Gasteiger charge is -2.08. The smallest absolute Gasteiger partial charge is 0.303 e. The molecule has 0 heterocycles. The summed E-state index contributed by atoms with van der Waals surface area (Å²) in [6.45, 7) is 1.43. The molecule has 1 amide bonds. The van der Waals surface area contributed by atoms with Gasteiger partial charge in [0, 0.05) is 18.4 Å². The highest BCUT2D eigenvalue weighted by Gasteiger charge is 2.09. The summed E-state index contributed by atoms with van der Waals surface area (Å²) in [6.07, 6.45) is 0.365. The number of ketones is 1. The van der Waals surface area contributed by atoms with E-state index < -0.39 is 5.97 Å². The fraction of sp³-hybridized carbons (Fsp3) is 0.308. The van der Waals surface area contributed by atoms with Crippen molar-refractivity contribution in [3.05, 3.63) is 29.8 Å². The van der Waals surface area contributed by atoms with E-state index in [1.165, 1.54) is 6.92 Å². The summed E-state index contributed by atoms with van der Waals surface area (Å²) in [4.78, 5) is 33.2. The van der Waals surface area contributed by atoms with Crippen LogP contribution in [0.2, 0.25) is 0 Å². The van der Waals surface area contributed by atoms with Crippen LogP contribution < -0.4 is 5.32 Å². The normalized spacial score (nSPS) is 9.32. The Hall–Kier alpha value is -2.21. The van der Waals surface area contributed by atoms with E-state index in [2.05, 4.69) is 5.32 Å². The number of hydrogen-bond donors (Lipinski definition) is 2. The Kier molecular flexibility index (Phi) is 7.06. The van der Waals surface area contributed by atoms with E-state index in [4.69, 9.17) is 5.11 Å². The molecule has 104 valence electrons. The van der Waals surface area contributed by atoms with E-state index >= 15 is 0 Å². The van der Waals surface area contributed by atoms with E-state index in [-0.39, 0.29) is 36.4 Å². The van der Waals surface area contributed by atoms with Crippen LogP contribution in [-0.2, 0) is 9.59 Å². The maximum absolute atomic E-state index is 11.6. The second-order valence-corrected chi connectivity index (χ2v) is 3.90. The maximum atomic E-state index is 11.6. The molecular weight excluding hydrogens is 250 g/mol. The van der Waals surface area contributed by atoms with Crippen molar-refractivity contribution in [1.29, 1.82) is 0 Å². The number of rotatable bonds is 6. The second kappa shape index (κ2) is 7.99. The van der Waals surface area contributed by atoms with Gasteiger partial charge in [0.25, 0.3) is 0 Å². The van der Waals surface area contributed by atoms with Crippen LogP contribution in [-0.4, -0.2) is 28.2 Å². The molecule has 19 heavy (non-hydrogen) atoms. The lowest BCUT2D eigenvalue weighted by molar-refractivity contribution is -0.137. The van der Waals surface area contributed by atoms with Crippen molar-refractivity contribution in [2.45, 2.75) is 26.2 Å². The summed E-state index contributed by atoms with van der Waals surface area (Å²) in [5, 5.41) is 11.1. The molecule has 4 N–H and O–H groups in total. The van der Waals surface area contributed by atoms with Crippen LogP contribution in [0.1, 0.15) is 36.5 Å². The summed E-state index contributed by atoms with van der Waals surface area (Å²) in [7, 11) is 0. The Labute approximate surface area is 110 Å². The number of nitrogens with one attached hydrogen (secondary N) is 1. The number of anilines is 1. The van der Waals surface area contributed by atoms with Crippen LogP contribution in [0.4, 0.5) is 5.69 Å². The van der Waals surface area contributed by atoms with Crippen molar-refractivity contribution in [1.82, 2.24) is 0 Å². The third-order valence-electron chi connectivity index (χ3n) is 2.37. The van der Waals surface area contributed by atoms with Crippen LogP contribution in [0.15, 0.2) is 24.3 Å². The fourth-order valence-corrected chi connectivity index (χ4v) is 1.51. The van der Waals surface area contributed by atoms with E-state index in [1.807, 2.05) is 0 Å². The SMILES string of the molecule is CC(=O)c1ccccc1NC(=O)CCCC(=O)O.O. The van der Waals surface area contributed by atoms with Gasteiger partial charge in [-0.25, -0.2) is 0 Å². The molecule has 0 aromatic heterocycles. The summed E-state index contributed by atoms with van der Waals surface area (Å²) < 4.78 is 0. The van der Waals surface area contributed by atoms with Gasteiger partial charge in [0.1, 0.15) is 0 Å². The maximum Gasteiger partial charge on any atom is 0.303 e. The molecule has 0 atom stereocenters. The molecule has 6 nitrogen and oxygen atoms in total. The molecule has 1 aromatic rings. The average Bonchev–Trinajstić information content (AvgIpc) is 2.28. The van der Waals surface area contributed by atoms with Gasteiger partial charge in [-0.05, 0) is 25.5 Å². The van der Waals surface area contributed by atoms with Gasteiger partial charge in [-0.2, -0.15) is 0 Å². The van der Waals surface area contributed by atoms with Gasteiger partial charge >= 0.3 is 5.97 Å². The minimum Gasteiger partial charge on any atom is -0.481 e. The van der Waals surface area contributed by atoms with Gasteiger partial charge in [-0.15, -0.1) is 0 Å². The van der Waals surface area contributed by atoms with Crippen molar-refractivity contribution in [2.75, 3.05) is 5.32 Å². The van der Waals surface area contributed by atoms with Crippen LogP contribution in [0.25, 0.3) is 0 Å². The molecule has 1 rings (SSSR count). The number of carbonyl (C=O) groups is 3. The topological polar surface area (TPSA) is 115 Å². The number of para-hydroxylation sites is 1.